The molecule has 0 amide bonds. The molecule has 0 atom stereocenters. The Morgan fingerprint density at radius 2 is 2.00 bits per heavy atom. The molecule has 2 heterocycles. The highest BCUT2D eigenvalue weighted by atomic mass is 14.7. The minimum absolute atomic E-state index is 0.970. The summed E-state index contributed by atoms with van der Waals surface area (Å²) >= 11 is 0. The van der Waals surface area contributed by atoms with Gasteiger partial charge in [-0.3, -0.25) is 4.98 Å². The highest BCUT2D eigenvalue weighted by Crippen LogP contribution is 2.20. The van der Waals surface area contributed by atoms with Gasteiger partial charge in [0.25, 0.3) is 0 Å². The summed E-state index contributed by atoms with van der Waals surface area (Å²) < 4.78 is 0. The molecule has 0 saturated heterocycles. The first kappa shape index (κ1) is 7.44. The quantitative estimate of drug-likeness (QED) is 0.496. The van der Waals surface area contributed by atoms with Crippen molar-refractivity contribution in [3.05, 3.63) is 48.8 Å². The lowest BCUT2D eigenvalue weighted by Crippen LogP contribution is -1.83. The average molecular weight is 179 g/mol. The maximum atomic E-state index is 4.36. The molecular weight excluding hydrogens is 172 g/mol. The molecule has 0 bridgehead atoms. The fourth-order valence-electron chi connectivity index (χ4n) is 1.62. The van der Waals surface area contributed by atoms with E-state index in [9.17, 15) is 0 Å². The Bertz CT molecular complexity index is 547. The van der Waals surface area contributed by atoms with Gasteiger partial charge in [-0.25, -0.2) is 4.98 Å². The zero-order valence-corrected chi connectivity index (χ0v) is 7.44. The largest absolute Gasteiger partial charge is 0.255 e. The van der Waals surface area contributed by atoms with Gasteiger partial charge in [-0.05, 0) is 18.2 Å². The van der Waals surface area contributed by atoms with Crippen molar-refractivity contribution < 1.29 is 0 Å². The molecule has 3 rings (SSSR count). The molecule has 2 nitrogen and oxygen atoms in total. The summed E-state index contributed by atoms with van der Waals surface area (Å²) in [7, 11) is 0. The van der Waals surface area contributed by atoms with E-state index < -0.39 is 0 Å². The van der Waals surface area contributed by atoms with E-state index in [0.717, 1.165) is 21.8 Å². The SMILES string of the molecule is [c]1ccc2cnc3ccccc3c2n1. The summed E-state index contributed by atoms with van der Waals surface area (Å²) in [5, 5.41) is 2.14. The van der Waals surface area contributed by atoms with Crippen LogP contribution in [0.2, 0.25) is 0 Å². The monoisotopic (exact) mass is 179 g/mol. The van der Waals surface area contributed by atoms with Gasteiger partial charge in [-0.15, -0.1) is 0 Å². The second-order valence-corrected chi connectivity index (χ2v) is 3.15. The van der Waals surface area contributed by atoms with Crippen LogP contribution in [0.1, 0.15) is 0 Å². The van der Waals surface area contributed by atoms with E-state index in [1.54, 1.807) is 6.07 Å². The van der Waals surface area contributed by atoms with Gasteiger partial charge >= 0.3 is 0 Å². The number of nitrogens with zero attached hydrogens (tertiary/aromatic N) is 2. The van der Waals surface area contributed by atoms with Gasteiger partial charge in [-0.1, -0.05) is 18.2 Å². The van der Waals surface area contributed by atoms with Crippen LogP contribution in [0.5, 0.6) is 0 Å². The minimum Gasteiger partial charge on any atom is -0.255 e. The summed E-state index contributed by atoms with van der Waals surface area (Å²) in [6.07, 6.45) is 4.70. The number of fused-ring (bicyclic) bond motifs is 3. The Morgan fingerprint density at radius 1 is 1.07 bits per heavy atom. The van der Waals surface area contributed by atoms with Crippen molar-refractivity contribution in [1.82, 2.24) is 9.97 Å². The van der Waals surface area contributed by atoms with E-state index in [2.05, 4.69) is 16.2 Å². The second-order valence-electron chi connectivity index (χ2n) is 3.15. The van der Waals surface area contributed by atoms with Gasteiger partial charge in [0.2, 0.25) is 0 Å². The van der Waals surface area contributed by atoms with Gasteiger partial charge in [-0.2, -0.15) is 0 Å². The van der Waals surface area contributed by atoms with Gasteiger partial charge in [0.05, 0.1) is 17.2 Å². The van der Waals surface area contributed by atoms with Gasteiger partial charge in [0, 0.05) is 17.0 Å². The molecule has 0 spiro atoms. The lowest BCUT2D eigenvalue weighted by atomic mass is 10.1. The normalized spacial score (nSPS) is 10.9. The molecule has 1 aromatic carbocycles. The molecule has 0 saturated carbocycles. The van der Waals surface area contributed by atoms with Crippen molar-refractivity contribution >= 4 is 21.8 Å². The maximum Gasteiger partial charge on any atom is 0.0894 e. The van der Waals surface area contributed by atoms with Crippen LogP contribution in [0, 0.1) is 6.20 Å². The molecule has 0 aliphatic rings. The van der Waals surface area contributed by atoms with E-state index in [-0.39, 0.29) is 0 Å². The van der Waals surface area contributed by atoms with Crippen LogP contribution in [0.4, 0.5) is 0 Å². The summed E-state index contributed by atoms with van der Waals surface area (Å²) in [6.45, 7) is 0. The van der Waals surface area contributed by atoms with Crippen molar-refractivity contribution in [3.63, 3.8) is 0 Å². The topological polar surface area (TPSA) is 25.8 Å². The van der Waals surface area contributed by atoms with Gasteiger partial charge in [0.15, 0.2) is 0 Å². The van der Waals surface area contributed by atoms with Crippen molar-refractivity contribution in [2.75, 3.05) is 0 Å². The second kappa shape index (κ2) is 2.77. The molecule has 65 valence electrons. The molecule has 3 aromatic rings. The van der Waals surface area contributed by atoms with Crippen LogP contribution < -0.4 is 0 Å². The minimum atomic E-state index is 0.970. The van der Waals surface area contributed by atoms with E-state index in [4.69, 9.17) is 0 Å². The zero-order chi connectivity index (χ0) is 9.38. The number of aromatic nitrogens is 2. The van der Waals surface area contributed by atoms with Crippen LogP contribution in [0.3, 0.4) is 0 Å². The van der Waals surface area contributed by atoms with E-state index in [1.807, 2.05) is 36.5 Å². The molecule has 0 aliphatic carbocycles. The van der Waals surface area contributed by atoms with E-state index in [0.29, 0.717) is 0 Å². The lowest BCUT2D eigenvalue weighted by molar-refractivity contribution is 1.37. The van der Waals surface area contributed by atoms with Crippen LogP contribution in [0.25, 0.3) is 21.8 Å². The average Bonchev–Trinajstić information content (AvgIpc) is 2.29. The number of pyridine rings is 2. The van der Waals surface area contributed by atoms with Crippen LogP contribution in [-0.2, 0) is 0 Å². The predicted molar refractivity (Wildman–Crippen MR) is 55.9 cm³/mol. The summed E-state index contributed by atoms with van der Waals surface area (Å²) in [6, 6.07) is 11.8. The van der Waals surface area contributed by atoms with E-state index >= 15 is 0 Å². The number of benzene rings is 1. The van der Waals surface area contributed by atoms with Crippen molar-refractivity contribution in [2.45, 2.75) is 0 Å². The third kappa shape index (κ3) is 0.973. The summed E-state index contributed by atoms with van der Waals surface area (Å²) in [5.41, 5.74) is 1.95. The van der Waals surface area contributed by atoms with Crippen molar-refractivity contribution in [1.29, 1.82) is 0 Å². The smallest absolute Gasteiger partial charge is 0.0894 e. The third-order valence-electron chi connectivity index (χ3n) is 2.29. The molecule has 0 fully saturated rings. The van der Waals surface area contributed by atoms with Crippen LogP contribution in [0.15, 0.2) is 42.6 Å². The Balaban J connectivity index is 2.61. The Labute approximate surface area is 81.2 Å². The number of para-hydroxylation sites is 1. The Hall–Kier alpha value is -1.96. The zero-order valence-electron chi connectivity index (χ0n) is 7.44. The first-order valence-corrected chi connectivity index (χ1v) is 4.46. The first-order chi connectivity index (χ1) is 6.95. The molecule has 2 aromatic heterocycles. The molecule has 0 unspecified atom stereocenters. The molecule has 0 aliphatic heterocycles. The molecule has 1 radical (unpaired) electrons. The third-order valence-corrected chi connectivity index (χ3v) is 2.29. The lowest BCUT2D eigenvalue weighted by Gasteiger charge is -2.00. The van der Waals surface area contributed by atoms with Crippen molar-refractivity contribution in [2.24, 2.45) is 0 Å². The number of hydrogen-bond donors (Lipinski definition) is 0. The first-order valence-electron chi connectivity index (χ1n) is 4.46. The highest BCUT2D eigenvalue weighted by Gasteiger charge is 2.00. The fourth-order valence-corrected chi connectivity index (χ4v) is 1.62. The summed E-state index contributed by atoms with van der Waals surface area (Å²) in [5.74, 6) is 0. The van der Waals surface area contributed by atoms with Crippen molar-refractivity contribution in [3.8, 4) is 0 Å². The molecule has 14 heavy (non-hydrogen) atoms. The maximum absolute atomic E-state index is 4.36. The summed E-state index contributed by atoms with van der Waals surface area (Å²) in [4.78, 5) is 8.60. The Kier molecular flexibility index (Phi) is 1.47. The number of hydrogen-bond acceptors (Lipinski definition) is 2. The standard InChI is InChI=1S/C12H7N2/c1-2-6-11-10(5-1)12-9(8-14-11)4-3-7-13-12/h1-6,8H. The fraction of sp³-hybridized carbons (Fsp3) is 0. The molecular formula is C12H7N2. The predicted octanol–water partition coefficient (Wildman–Crippen LogP) is 2.58. The molecule has 0 N–H and O–H groups in total. The van der Waals surface area contributed by atoms with Crippen LogP contribution in [-0.4, -0.2) is 9.97 Å². The van der Waals surface area contributed by atoms with Crippen LogP contribution >= 0.6 is 0 Å². The van der Waals surface area contributed by atoms with Gasteiger partial charge in [0.1, 0.15) is 0 Å². The van der Waals surface area contributed by atoms with E-state index in [1.165, 1.54) is 0 Å². The molecule has 2 heteroatoms. The Morgan fingerprint density at radius 3 is 3.00 bits per heavy atom. The van der Waals surface area contributed by atoms with Gasteiger partial charge < -0.3 is 0 Å². The highest BCUT2D eigenvalue weighted by molar-refractivity contribution is 6.02. The number of rotatable bonds is 0.